The number of likely N-dealkylation sites (tertiary alicyclic amines) is 1. The van der Waals surface area contributed by atoms with Gasteiger partial charge in [-0.3, -0.25) is 4.79 Å². The Morgan fingerprint density at radius 1 is 1.21 bits per heavy atom. The molecule has 1 fully saturated rings. The minimum absolute atomic E-state index is 0.0173. The van der Waals surface area contributed by atoms with Crippen molar-refractivity contribution < 1.29 is 9.59 Å². The van der Waals surface area contributed by atoms with E-state index in [-0.39, 0.29) is 18.0 Å². The van der Waals surface area contributed by atoms with Gasteiger partial charge in [0.2, 0.25) is 0 Å². The van der Waals surface area contributed by atoms with Crippen molar-refractivity contribution in [3.05, 3.63) is 52.8 Å². The molecule has 0 aliphatic carbocycles. The van der Waals surface area contributed by atoms with Crippen molar-refractivity contribution in [3.63, 3.8) is 0 Å². The third-order valence-electron chi connectivity index (χ3n) is 6.71. The van der Waals surface area contributed by atoms with Crippen molar-refractivity contribution in [2.45, 2.75) is 59.2 Å². The van der Waals surface area contributed by atoms with Gasteiger partial charge in [-0.1, -0.05) is 25.1 Å². The van der Waals surface area contributed by atoms with Gasteiger partial charge in [0.15, 0.2) is 5.65 Å². The van der Waals surface area contributed by atoms with Crippen molar-refractivity contribution >= 4 is 28.7 Å². The highest BCUT2D eigenvalue weighted by molar-refractivity contribution is 6.06. The molecule has 4 N–H and O–H groups in total. The number of aryl methyl sites for hydroxylation is 3. The lowest BCUT2D eigenvalue weighted by molar-refractivity contribution is 0.0936. The number of carbonyl (C=O) groups excluding carboxylic acids is 2. The van der Waals surface area contributed by atoms with Gasteiger partial charge >= 0.3 is 6.03 Å². The van der Waals surface area contributed by atoms with Gasteiger partial charge in [-0.2, -0.15) is 5.10 Å². The number of urea groups is 1. The lowest BCUT2D eigenvalue weighted by Gasteiger charge is -2.22. The van der Waals surface area contributed by atoms with Crippen LogP contribution in [0, 0.1) is 13.8 Å². The monoisotopic (exact) mass is 463 g/mol. The van der Waals surface area contributed by atoms with Crippen LogP contribution in [0.15, 0.2) is 30.6 Å². The number of hydrogen-bond acceptors (Lipinski definition) is 5. The highest BCUT2D eigenvalue weighted by Gasteiger charge is 2.28. The van der Waals surface area contributed by atoms with Crippen molar-refractivity contribution in [2.75, 3.05) is 18.4 Å². The average Bonchev–Trinajstić information content (AvgIpc) is 3.46. The molecule has 2 atom stereocenters. The second kappa shape index (κ2) is 9.70. The van der Waals surface area contributed by atoms with E-state index in [9.17, 15) is 9.59 Å². The predicted molar refractivity (Wildman–Crippen MR) is 133 cm³/mol. The van der Waals surface area contributed by atoms with E-state index in [0.29, 0.717) is 36.5 Å². The molecule has 2 aromatic heterocycles. The number of aromatic nitrogens is 3. The summed E-state index contributed by atoms with van der Waals surface area (Å²) >= 11 is 0. The number of rotatable bonds is 7. The number of nitrogens with two attached hydrogens (primary N) is 1. The Bertz CT molecular complexity index is 1220. The van der Waals surface area contributed by atoms with Crippen molar-refractivity contribution in [3.8, 4) is 0 Å². The zero-order valence-corrected chi connectivity index (χ0v) is 20.3. The van der Waals surface area contributed by atoms with Gasteiger partial charge in [0.25, 0.3) is 5.91 Å². The molecule has 1 unspecified atom stereocenters. The van der Waals surface area contributed by atoms with Crippen LogP contribution in [0.4, 0.5) is 10.5 Å². The molecule has 3 heterocycles. The minimum Gasteiger partial charge on any atom is -0.379 e. The number of hydrogen-bond donors (Lipinski definition) is 3. The first kappa shape index (κ1) is 23.5. The van der Waals surface area contributed by atoms with Crippen LogP contribution in [-0.2, 0) is 6.54 Å². The zero-order valence-electron chi connectivity index (χ0n) is 20.3. The van der Waals surface area contributed by atoms with Gasteiger partial charge in [-0.15, -0.1) is 0 Å². The molecule has 34 heavy (non-hydrogen) atoms. The molecule has 4 rings (SSSR count). The standard InChI is InChI=1S/C25H33N7O2/c1-5-21(17-8-7-15(3)16(4)11-17)30-24(33)20-12-27-23-19(13-28-32(23)6-2)22(20)29-18-9-10-31(14-18)25(26)34/h7-8,11-13,18,21H,5-6,9-10,14H2,1-4H3,(H2,26,34)(H,27,29)(H,30,33)/t18-,21?/m0/s1. The zero-order chi connectivity index (χ0) is 24.4. The largest absolute Gasteiger partial charge is 0.379 e. The first-order valence-electron chi connectivity index (χ1n) is 11.9. The SMILES string of the molecule is CCC(NC(=O)c1cnc2c(cnn2CC)c1N[C@H]1CCN(C(N)=O)C1)c1ccc(C)c(C)c1. The number of nitrogens with zero attached hydrogens (tertiary/aromatic N) is 4. The van der Waals surface area contributed by atoms with Gasteiger partial charge in [0, 0.05) is 31.9 Å². The lowest BCUT2D eigenvalue weighted by atomic mass is 9.99. The fraction of sp³-hybridized carbons (Fsp3) is 0.440. The van der Waals surface area contributed by atoms with Crippen molar-refractivity contribution in [1.29, 1.82) is 0 Å². The number of amides is 3. The fourth-order valence-corrected chi connectivity index (χ4v) is 4.51. The first-order valence-corrected chi connectivity index (χ1v) is 11.9. The van der Waals surface area contributed by atoms with E-state index in [0.717, 1.165) is 23.8 Å². The molecule has 1 aliphatic heterocycles. The Hall–Kier alpha value is -3.62. The Morgan fingerprint density at radius 2 is 2.00 bits per heavy atom. The number of fused-ring (bicyclic) bond motifs is 1. The number of nitrogens with one attached hydrogen (secondary N) is 2. The number of benzene rings is 1. The number of anilines is 1. The van der Waals surface area contributed by atoms with Crippen molar-refractivity contribution in [1.82, 2.24) is 25.0 Å². The maximum Gasteiger partial charge on any atom is 0.314 e. The summed E-state index contributed by atoms with van der Waals surface area (Å²) in [5, 5.41) is 11.9. The summed E-state index contributed by atoms with van der Waals surface area (Å²) in [6.45, 7) is 9.96. The fourth-order valence-electron chi connectivity index (χ4n) is 4.51. The molecule has 0 saturated carbocycles. The summed E-state index contributed by atoms with van der Waals surface area (Å²) in [4.78, 5) is 31.3. The molecule has 0 bridgehead atoms. The topological polar surface area (TPSA) is 118 Å². The van der Waals surface area contributed by atoms with Crippen LogP contribution in [0.1, 0.15) is 59.8 Å². The maximum atomic E-state index is 13.5. The average molecular weight is 464 g/mol. The Morgan fingerprint density at radius 3 is 2.65 bits per heavy atom. The quantitative estimate of drug-likeness (QED) is 0.495. The van der Waals surface area contributed by atoms with Gasteiger partial charge in [-0.25, -0.2) is 14.5 Å². The van der Waals surface area contributed by atoms with Gasteiger partial charge in [0.05, 0.1) is 28.9 Å². The predicted octanol–water partition coefficient (Wildman–Crippen LogP) is 3.51. The van der Waals surface area contributed by atoms with Crippen LogP contribution in [0.3, 0.4) is 0 Å². The molecule has 0 radical (unpaired) electrons. The number of primary amides is 1. The summed E-state index contributed by atoms with van der Waals surface area (Å²) in [7, 11) is 0. The van der Waals surface area contributed by atoms with E-state index in [1.807, 2.05) is 6.92 Å². The molecule has 180 valence electrons. The molecule has 9 heteroatoms. The van der Waals surface area contributed by atoms with Crippen molar-refractivity contribution in [2.24, 2.45) is 5.73 Å². The molecular formula is C25H33N7O2. The Labute approximate surface area is 199 Å². The second-order valence-corrected chi connectivity index (χ2v) is 8.94. The molecule has 1 saturated heterocycles. The van der Waals surface area contributed by atoms with E-state index in [1.54, 1.807) is 22.0 Å². The van der Waals surface area contributed by atoms with Gasteiger partial charge < -0.3 is 21.3 Å². The maximum absolute atomic E-state index is 13.5. The highest BCUT2D eigenvalue weighted by Crippen LogP contribution is 2.29. The Kier molecular flexibility index (Phi) is 6.72. The van der Waals surface area contributed by atoms with Crippen LogP contribution in [0.25, 0.3) is 11.0 Å². The molecular weight excluding hydrogens is 430 g/mol. The van der Waals surface area contributed by atoms with E-state index < -0.39 is 6.03 Å². The van der Waals surface area contributed by atoms with E-state index in [1.165, 1.54) is 11.1 Å². The lowest BCUT2D eigenvalue weighted by Crippen LogP contribution is -2.36. The minimum atomic E-state index is -0.430. The summed E-state index contributed by atoms with van der Waals surface area (Å²) in [6.07, 6.45) is 4.86. The van der Waals surface area contributed by atoms with Crippen LogP contribution in [0.5, 0.6) is 0 Å². The molecule has 1 aromatic carbocycles. The molecule has 3 aromatic rings. The van der Waals surface area contributed by atoms with E-state index in [2.05, 4.69) is 59.7 Å². The van der Waals surface area contributed by atoms with Gasteiger partial charge in [0.1, 0.15) is 0 Å². The third kappa shape index (κ3) is 4.55. The normalized spacial score (nSPS) is 16.6. The number of carbonyl (C=O) groups is 2. The molecule has 0 spiro atoms. The Balaban J connectivity index is 1.66. The second-order valence-electron chi connectivity index (χ2n) is 8.94. The summed E-state index contributed by atoms with van der Waals surface area (Å²) in [5.74, 6) is -0.198. The third-order valence-corrected chi connectivity index (χ3v) is 6.71. The summed E-state index contributed by atoms with van der Waals surface area (Å²) < 4.78 is 1.80. The summed E-state index contributed by atoms with van der Waals surface area (Å²) in [5.41, 5.74) is 10.8. The highest BCUT2D eigenvalue weighted by atomic mass is 16.2. The molecule has 1 aliphatic rings. The van der Waals surface area contributed by atoms with E-state index in [4.69, 9.17) is 5.73 Å². The van der Waals surface area contributed by atoms with Crippen LogP contribution in [-0.4, -0.2) is 50.7 Å². The van der Waals surface area contributed by atoms with Crippen LogP contribution < -0.4 is 16.4 Å². The van der Waals surface area contributed by atoms with Crippen LogP contribution >= 0.6 is 0 Å². The summed E-state index contributed by atoms with van der Waals surface area (Å²) in [6, 6.07) is 5.72. The number of pyridine rings is 1. The smallest absolute Gasteiger partial charge is 0.314 e. The first-order chi connectivity index (χ1) is 16.3. The molecule has 9 nitrogen and oxygen atoms in total. The van der Waals surface area contributed by atoms with Crippen LogP contribution in [0.2, 0.25) is 0 Å². The van der Waals surface area contributed by atoms with Gasteiger partial charge in [-0.05, 0) is 50.3 Å². The molecule has 3 amide bonds. The van der Waals surface area contributed by atoms with E-state index >= 15 is 0 Å².